The molecule has 0 amide bonds. The van der Waals surface area contributed by atoms with Crippen molar-refractivity contribution in [1.82, 2.24) is 37.0 Å². The van der Waals surface area contributed by atoms with E-state index in [1.807, 2.05) is 0 Å². The van der Waals surface area contributed by atoms with E-state index < -0.39 is 0 Å². The number of nitrogens with zero attached hydrogens (tertiary/aromatic N) is 2. The zero-order chi connectivity index (χ0) is 22.9. The molecular weight excluding hydrogens is 434 g/mol. The molecule has 4 unspecified atom stereocenters. The molecule has 5 aliphatic rings. The Morgan fingerprint density at radius 2 is 1.79 bits per heavy atom. The van der Waals surface area contributed by atoms with Gasteiger partial charge in [0.1, 0.15) is 18.2 Å². The van der Waals surface area contributed by atoms with Gasteiger partial charge in [-0.25, -0.2) is 0 Å². The van der Waals surface area contributed by atoms with E-state index in [0.717, 1.165) is 70.2 Å². The van der Waals surface area contributed by atoms with Crippen LogP contribution in [-0.2, 0) is 9.47 Å². The summed E-state index contributed by atoms with van der Waals surface area (Å²) in [5, 5.41) is 18.5. The number of benzene rings is 1. The predicted molar refractivity (Wildman–Crippen MR) is 130 cm³/mol. The molecule has 4 atom stereocenters. The van der Waals surface area contributed by atoms with Crippen LogP contribution in [0.3, 0.4) is 0 Å². The molecule has 34 heavy (non-hydrogen) atoms. The summed E-state index contributed by atoms with van der Waals surface area (Å²) in [7, 11) is 0. The van der Waals surface area contributed by atoms with E-state index in [-0.39, 0.29) is 31.1 Å². The van der Waals surface area contributed by atoms with E-state index in [1.165, 1.54) is 11.4 Å². The molecule has 1 aromatic rings. The Morgan fingerprint density at radius 3 is 2.59 bits per heavy atom. The molecular formula is C23H37N9O2. The van der Waals surface area contributed by atoms with Crippen LogP contribution in [0.1, 0.15) is 26.2 Å². The second-order valence-corrected chi connectivity index (χ2v) is 9.40. The maximum Gasteiger partial charge on any atom is 0.206 e. The van der Waals surface area contributed by atoms with Crippen molar-refractivity contribution in [1.29, 1.82) is 0 Å². The number of hydrogen-bond donors (Lipinski definition) is 7. The van der Waals surface area contributed by atoms with Crippen molar-refractivity contribution in [2.45, 2.75) is 57.3 Å². The van der Waals surface area contributed by atoms with E-state index in [4.69, 9.17) is 9.47 Å². The lowest BCUT2D eigenvalue weighted by atomic mass is 10.2. The van der Waals surface area contributed by atoms with Crippen molar-refractivity contribution in [3.63, 3.8) is 0 Å². The van der Waals surface area contributed by atoms with Crippen LogP contribution in [-0.4, -0.2) is 75.4 Å². The molecule has 1 aromatic carbocycles. The molecule has 5 aliphatic heterocycles. The monoisotopic (exact) mass is 471 g/mol. The number of nitrogens with one attached hydrogen (secondary N) is 7. The third-order valence-electron chi connectivity index (χ3n) is 7.25. The smallest absolute Gasteiger partial charge is 0.206 e. The van der Waals surface area contributed by atoms with Crippen LogP contribution in [0.25, 0.3) is 0 Å². The van der Waals surface area contributed by atoms with Gasteiger partial charge in [0.25, 0.3) is 0 Å². The van der Waals surface area contributed by atoms with E-state index in [2.05, 4.69) is 78.4 Å². The molecule has 0 bridgehead atoms. The van der Waals surface area contributed by atoms with Gasteiger partial charge in [-0.15, -0.1) is 0 Å². The van der Waals surface area contributed by atoms with Gasteiger partial charge in [0.2, 0.25) is 6.35 Å². The molecule has 0 spiro atoms. The second kappa shape index (κ2) is 9.76. The molecule has 6 rings (SSSR count). The normalized spacial score (nSPS) is 32.2. The molecule has 11 heteroatoms. The first kappa shape index (κ1) is 22.2. The second-order valence-electron chi connectivity index (χ2n) is 9.40. The van der Waals surface area contributed by atoms with Crippen molar-refractivity contribution in [2.75, 3.05) is 49.6 Å². The zero-order valence-corrected chi connectivity index (χ0v) is 19.8. The number of rotatable bonds is 5. The summed E-state index contributed by atoms with van der Waals surface area (Å²) in [6.07, 6.45) is 3.06. The van der Waals surface area contributed by atoms with Crippen molar-refractivity contribution < 1.29 is 9.47 Å². The van der Waals surface area contributed by atoms with Crippen molar-refractivity contribution in [3.05, 3.63) is 35.8 Å². The lowest BCUT2D eigenvalue weighted by Gasteiger charge is -2.45. The summed E-state index contributed by atoms with van der Waals surface area (Å²) in [4.78, 5) is 4.88. The summed E-state index contributed by atoms with van der Waals surface area (Å²) < 4.78 is 12.1. The third-order valence-corrected chi connectivity index (χ3v) is 7.25. The van der Waals surface area contributed by atoms with E-state index >= 15 is 0 Å². The topological polar surface area (TPSA) is 109 Å². The first-order valence-electron chi connectivity index (χ1n) is 12.7. The number of para-hydroxylation sites is 2. The van der Waals surface area contributed by atoms with Crippen LogP contribution in [0.2, 0.25) is 0 Å². The Kier molecular flexibility index (Phi) is 6.37. The maximum atomic E-state index is 6.44. The zero-order valence-electron chi connectivity index (χ0n) is 19.8. The van der Waals surface area contributed by atoms with Crippen LogP contribution in [0.15, 0.2) is 35.8 Å². The van der Waals surface area contributed by atoms with E-state index in [9.17, 15) is 0 Å². The van der Waals surface area contributed by atoms with Crippen LogP contribution in [0, 0.1) is 0 Å². The first-order chi connectivity index (χ1) is 16.8. The lowest BCUT2D eigenvalue weighted by Crippen LogP contribution is -2.68. The summed E-state index contributed by atoms with van der Waals surface area (Å²) in [6, 6.07) is 8.54. The number of morpholine rings is 1. The summed E-state index contributed by atoms with van der Waals surface area (Å²) in [6.45, 7) is 7.31. The minimum atomic E-state index is -0.254. The Balaban J connectivity index is 1.24. The highest BCUT2D eigenvalue weighted by Crippen LogP contribution is 2.37. The van der Waals surface area contributed by atoms with Gasteiger partial charge >= 0.3 is 0 Å². The molecule has 2 saturated heterocycles. The van der Waals surface area contributed by atoms with Gasteiger partial charge in [0, 0.05) is 26.2 Å². The molecule has 7 N–H and O–H groups in total. The number of fused-ring (bicyclic) bond motifs is 1. The highest BCUT2D eigenvalue weighted by Gasteiger charge is 2.43. The van der Waals surface area contributed by atoms with Gasteiger partial charge in [-0.1, -0.05) is 19.1 Å². The molecule has 0 aromatic heterocycles. The quantitative estimate of drug-likeness (QED) is 0.308. The number of anilines is 2. The van der Waals surface area contributed by atoms with Gasteiger partial charge in [0.15, 0.2) is 6.29 Å². The fourth-order valence-electron chi connectivity index (χ4n) is 5.52. The van der Waals surface area contributed by atoms with Crippen molar-refractivity contribution >= 4 is 11.4 Å². The molecule has 0 saturated carbocycles. The average Bonchev–Trinajstić information content (AvgIpc) is 3.36. The van der Waals surface area contributed by atoms with Gasteiger partial charge in [0.05, 0.1) is 36.4 Å². The number of hydrogen-bond acceptors (Lipinski definition) is 11. The summed E-state index contributed by atoms with van der Waals surface area (Å²) >= 11 is 0. The molecule has 0 aliphatic carbocycles. The standard InChI is InChI=1S/C23H37N9O2/c1-2-18-26-16-5-3-4-6-17(16)32(18)22-28-20-19(21(30-22)31-11-13-33-14-12-31)27-23(29-20)34-15-7-9-24-25-10-8-15/h3-6,15,18,21-30H,2,7-14H2,1H3. The Hall–Kier alpha value is -2.28. The van der Waals surface area contributed by atoms with Crippen LogP contribution in [0.5, 0.6) is 0 Å². The maximum absolute atomic E-state index is 6.44. The molecule has 5 heterocycles. The minimum absolute atomic E-state index is 0.0361. The molecule has 186 valence electrons. The Bertz CT molecular complexity index is 885. The highest BCUT2D eigenvalue weighted by molar-refractivity contribution is 5.76. The van der Waals surface area contributed by atoms with Crippen LogP contribution in [0.4, 0.5) is 11.4 Å². The molecule has 0 radical (unpaired) electrons. The van der Waals surface area contributed by atoms with Crippen LogP contribution < -0.4 is 42.3 Å². The molecule has 2 fully saturated rings. The first-order valence-corrected chi connectivity index (χ1v) is 12.7. The van der Waals surface area contributed by atoms with Gasteiger partial charge in [-0.3, -0.25) is 21.1 Å². The minimum Gasteiger partial charge on any atom is -0.379 e. The number of hydrazine groups is 1. The Labute approximate surface area is 200 Å². The summed E-state index contributed by atoms with van der Waals surface area (Å²) in [5.41, 5.74) is 9.94. The van der Waals surface area contributed by atoms with Crippen molar-refractivity contribution in [3.8, 4) is 0 Å². The Morgan fingerprint density at radius 1 is 1.00 bits per heavy atom. The average molecular weight is 472 g/mol. The summed E-state index contributed by atoms with van der Waals surface area (Å²) in [5.74, 6) is 1.01. The van der Waals surface area contributed by atoms with E-state index in [1.54, 1.807) is 0 Å². The van der Waals surface area contributed by atoms with Crippen molar-refractivity contribution in [2.24, 2.45) is 0 Å². The van der Waals surface area contributed by atoms with Crippen LogP contribution >= 0.6 is 0 Å². The van der Waals surface area contributed by atoms with Gasteiger partial charge in [-0.05, 0) is 31.4 Å². The predicted octanol–water partition coefficient (Wildman–Crippen LogP) is -0.292. The lowest BCUT2D eigenvalue weighted by molar-refractivity contribution is -0.0371. The molecule has 11 nitrogen and oxygen atoms in total. The fraction of sp³-hybridized carbons (Fsp3) is 0.652. The SMILES string of the molecule is CCC1Nc2ccccc2N1C1NC2=C(NC(OC3CCNNCC3)N2)C(N2CCOCC2)N1. The van der Waals surface area contributed by atoms with Gasteiger partial charge < -0.3 is 35.6 Å². The number of ether oxygens (including phenoxy) is 2. The fourth-order valence-corrected chi connectivity index (χ4v) is 5.52. The third kappa shape index (κ3) is 4.28. The largest absolute Gasteiger partial charge is 0.379 e. The van der Waals surface area contributed by atoms with Gasteiger partial charge in [-0.2, -0.15) is 0 Å². The van der Waals surface area contributed by atoms with E-state index in [0.29, 0.717) is 0 Å². The highest BCUT2D eigenvalue weighted by atomic mass is 16.5.